The van der Waals surface area contributed by atoms with Gasteiger partial charge in [0.1, 0.15) is 11.6 Å². The second-order valence-corrected chi connectivity index (χ2v) is 7.62. The minimum absolute atomic E-state index is 0. The molecule has 0 atom stereocenters. The summed E-state index contributed by atoms with van der Waals surface area (Å²) in [5.41, 5.74) is 4.52. The highest BCUT2D eigenvalue weighted by atomic mass is 35.5. The van der Waals surface area contributed by atoms with Crippen molar-refractivity contribution < 1.29 is 13.6 Å². The standard InChI is InChI=1S/C24H18ClF2N3O.ClH/c1-13-9-14(2)23-17(10-13)22(16-5-3-4-6-18(16)25)21(12-28-23)30-24(31)29-20-8-7-15(26)11-19(20)27;/h3-12H,1-2H3,(H2,29,30,31);1H. The van der Waals surface area contributed by atoms with E-state index in [0.29, 0.717) is 22.3 Å². The van der Waals surface area contributed by atoms with Crippen LogP contribution in [0.1, 0.15) is 11.1 Å². The van der Waals surface area contributed by atoms with Crippen molar-refractivity contribution in [1.82, 2.24) is 4.98 Å². The lowest BCUT2D eigenvalue weighted by molar-refractivity contribution is 0.262. The van der Waals surface area contributed by atoms with E-state index in [1.165, 1.54) is 0 Å². The van der Waals surface area contributed by atoms with Crippen molar-refractivity contribution in [2.75, 3.05) is 10.6 Å². The number of aromatic nitrogens is 1. The number of hydrogen-bond acceptors (Lipinski definition) is 2. The van der Waals surface area contributed by atoms with Gasteiger partial charge in [0.15, 0.2) is 0 Å². The van der Waals surface area contributed by atoms with Gasteiger partial charge >= 0.3 is 6.03 Å². The topological polar surface area (TPSA) is 54.0 Å². The second-order valence-electron chi connectivity index (χ2n) is 7.21. The van der Waals surface area contributed by atoms with E-state index in [2.05, 4.69) is 15.6 Å². The number of aryl methyl sites for hydroxylation is 2. The summed E-state index contributed by atoms with van der Waals surface area (Å²) in [5.74, 6) is -1.60. The summed E-state index contributed by atoms with van der Waals surface area (Å²) in [6, 6.07) is 13.6. The molecular weight excluding hydrogens is 455 g/mol. The highest BCUT2D eigenvalue weighted by Gasteiger charge is 2.17. The fraction of sp³-hybridized carbons (Fsp3) is 0.0833. The third-order valence-electron chi connectivity index (χ3n) is 4.88. The Bertz CT molecular complexity index is 1330. The zero-order chi connectivity index (χ0) is 22.1. The van der Waals surface area contributed by atoms with Crippen LogP contribution in [0.15, 0.2) is 60.8 Å². The zero-order valence-electron chi connectivity index (χ0n) is 17.2. The van der Waals surface area contributed by atoms with Gasteiger partial charge in [-0.2, -0.15) is 0 Å². The highest BCUT2D eigenvalue weighted by Crippen LogP contribution is 2.39. The number of nitrogens with one attached hydrogen (secondary N) is 2. The maximum atomic E-state index is 13.9. The normalized spacial score (nSPS) is 10.5. The van der Waals surface area contributed by atoms with Gasteiger partial charge in [-0.15, -0.1) is 12.4 Å². The van der Waals surface area contributed by atoms with Crippen LogP contribution in [0.2, 0.25) is 5.02 Å². The van der Waals surface area contributed by atoms with Crippen LogP contribution < -0.4 is 10.6 Å². The Hall–Kier alpha value is -3.22. The van der Waals surface area contributed by atoms with Gasteiger partial charge in [-0.25, -0.2) is 13.6 Å². The van der Waals surface area contributed by atoms with Gasteiger partial charge < -0.3 is 10.6 Å². The first kappa shape index (κ1) is 23.4. The van der Waals surface area contributed by atoms with Gasteiger partial charge in [-0.1, -0.05) is 41.4 Å². The molecule has 0 radical (unpaired) electrons. The monoisotopic (exact) mass is 473 g/mol. The van der Waals surface area contributed by atoms with E-state index in [-0.39, 0.29) is 18.1 Å². The number of fused-ring (bicyclic) bond motifs is 1. The molecule has 32 heavy (non-hydrogen) atoms. The molecule has 0 bridgehead atoms. The Morgan fingerprint density at radius 2 is 1.69 bits per heavy atom. The van der Waals surface area contributed by atoms with E-state index in [4.69, 9.17) is 11.6 Å². The van der Waals surface area contributed by atoms with Crippen LogP contribution in [0.4, 0.5) is 25.0 Å². The smallest absolute Gasteiger partial charge is 0.306 e. The quantitative estimate of drug-likeness (QED) is 0.323. The summed E-state index contributed by atoms with van der Waals surface area (Å²) < 4.78 is 27.1. The second kappa shape index (κ2) is 9.51. The molecule has 4 rings (SSSR count). The lowest BCUT2D eigenvalue weighted by Gasteiger charge is -2.17. The van der Waals surface area contributed by atoms with Crippen molar-refractivity contribution in [3.63, 3.8) is 0 Å². The fourth-order valence-corrected chi connectivity index (χ4v) is 3.81. The summed E-state index contributed by atoms with van der Waals surface area (Å²) in [7, 11) is 0. The number of anilines is 2. The molecule has 0 spiro atoms. The number of carbonyl (C=O) groups excluding carboxylic acids is 1. The van der Waals surface area contributed by atoms with Gasteiger partial charge in [-0.05, 0) is 43.7 Å². The van der Waals surface area contributed by atoms with Crippen LogP contribution in [-0.2, 0) is 0 Å². The van der Waals surface area contributed by atoms with Crippen LogP contribution >= 0.6 is 24.0 Å². The van der Waals surface area contributed by atoms with E-state index >= 15 is 0 Å². The van der Waals surface area contributed by atoms with Crippen molar-refractivity contribution in [3.05, 3.63) is 88.6 Å². The van der Waals surface area contributed by atoms with E-state index in [1.807, 2.05) is 44.2 Å². The molecule has 0 unspecified atom stereocenters. The van der Waals surface area contributed by atoms with E-state index in [9.17, 15) is 13.6 Å². The Labute approximate surface area is 195 Å². The molecular formula is C24H19Cl2F2N3O. The number of nitrogens with zero attached hydrogens (tertiary/aromatic N) is 1. The molecule has 1 aromatic heterocycles. The molecule has 1 heterocycles. The molecule has 0 aliphatic carbocycles. The Morgan fingerprint density at radius 3 is 2.41 bits per heavy atom. The Balaban J connectivity index is 0.00000289. The molecule has 164 valence electrons. The van der Waals surface area contributed by atoms with E-state index in [1.54, 1.807) is 12.3 Å². The lowest BCUT2D eigenvalue weighted by atomic mass is 9.96. The van der Waals surface area contributed by atoms with Crippen LogP contribution in [0, 0.1) is 25.5 Å². The number of amides is 2. The molecule has 0 saturated carbocycles. The summed E-state index contributed by atoms with van der Waals surface area (Å²) in [6.07, 6.45) is 1.55. The first-order chi connectivity index (χ1) is 14.8. The molecule has 4 nitrogen and oxygen atoms in total. The van der Waals surface area contributed by atoms with Crippen molar-refractivity contribution >= 4 is 52.3 Å². The summed E-state index contributed by atoms with van der Waals surface area (Å²) in [6.45, 7) is 3.95. The van der Waals surface area contributed by atoms with Crippen molar-refractivity contribution in [3.8, 4) is 11.1 Å². The van der Waals surface area contributed by atoms with Crippen LogP contribution in [-0.4, -0.2) is 11.0 Å². The minimum Gasteiger partial charge on any atom is -0.306 e. The SMILES string of the molecule is Cc1cc(C)c2ncc(NC(=O)Nc3ccc(F)cc3F)c(-c3ccccc3Cl)c2c1.Cl. The maximum Gasteiger partial charge on any atom is 0.323 e. The van der Waals surface area contributed by atoms with Gasteiger partial charge in [0, 0.05) is 27.6 Å². The number of rotatable bonds is 3. The number of pyridine rings is 1. The van der Waals surface area contributed by atoms with E-state index in [0.717, 1.165) is 39.7 Å². The summed E-state index contributed by atoms with van der Waals surface area (Å²) in [5, 5.41) is 6.47. The van der Waals surface area contributed by atoms with Gasteiger partial charge in [0.2, 0.25) is 0 Å². The number of urea groups is 1. The van der Waals surface area contributed by atoms with Crippen LogP contribution in [0.3, 0.4) is 0 Å². The number of halogens is 4. The Morgan fingerprint density at radius 1 is 0.969 bits per heavy atom. The van der Waals surface area contributed by atoms with Crippen LogP contribution in [0.5, 0.6) is 0 Å². The highest BCUT2D eigenvalue weighted by molar-refractivity contribution is 6.34. The van der Waals surface area contributed by atoms with Gasteiger partial charge in [0.25, 0.3) is 0 Å². The van der Waals surface area contributed by atoms with Crippen molar-refractivity contribution in [2.24, 2.45) is 0 Å². The Kier molecular flexibility index (Phi) is 6.96. The first-order valence-corrected chi connectivity index (χ1v) is 9.89. The molecule has 8 heteroatoms. The number of benzene rings is 3. The molecule has 4 aromatic rings. The first-order valence-electron chi connectivity index (χ1n) is 9.51. The molecule has 3 aromatic carbocycles. The van der Waals surface area contributed by atoms with Gasteiger partial charge in [0.05, 0.1) is 23.1 Å². The van der Waals surface area contributed by atoms with E-state index < -0.39 is 17.7 Å². The molecule has 0 aliphatic heterocycles. The van der Waals surface area contributed by atoms with Crippen molar-refractivity contribution in [2.45, 2.75) is 13.8 Å². The largest absolute Gasteiger partial charge is 0.323 e. The molecule has 0 aliphatic rings. The predicted octanol–water partition coefficient (Wildman–Crippen LogP) is 7.52. The average molecular weight is 474 g/mol. The molecule has 2 amide bonds. The van der Waals surface area contributed by atoms with Crippen LogP contribution in [0.25, 0.3) is 22.0 Å². The number of carbonyl (C=O) groups is 1. The van der Waals surface area contributed by atoms with Crippen molar-refractivity contribution in [1.29, 1.82) is 0 Å². The fourth-order valence-electron chi connectivity index (χ4n) is 3.58. The summed E-state index contributed by atoms with van der Waals surface area (Å²) in [4.78, 5) is 17.1. The maximum absolute atomic E-state index is 13.9. The molecule has 0 saturated heterocycles. The predicted molar refractivity (Wildman–Crippen MR) is 128 cm³/mol. The zero-order valence-corrected chi connectivity index (χ0v) is 18.7. The molecule has 0 fully saturated rings. The average Bonchev–Trinajstić information content (AvgIpc) is 2.70. The minimum atomic E-state index is -0.871. The third kappa shape index (κ3) is 4.66. The lowest BCUT2D eigenvalue weighted by Crippen LogP contribution is -2.21. The summed E-state index contributed by atoms with van der Waals surface area (Å²) >= 11 is 6.48. The van der Waals surface area contributed by atoms with Gasteiger partial charge in [-0.3, -0.25) is 4.98 Å². The third-order valence-corrected chi connectivity index (χ3v) is 5.21. The number of hydrogen-bond donors (Lipinski definition) is 2. The molecule has 2 N–H and O–H groups in total.